The number of benzene rings is 1. The maximum absolute atomic E-state index is 13.3. The normalized spacial score (nSPS) is 20.3. The van der Waals surface area contributed by atoms with Gasteiger partial charge in [0, 0.05) is 6.07 Å². The molecule has 0 aliphatic carbocycles. The predicted octanol–water partition coefficient (Wildman–Crippen LogP) is 2.51. The van der Waals surface area contributed by atoms with Crippen molar-refractivity contribution in [3.05, 3.63) is 47.1 Å². The smallest absolute Gasteiger partial charge is 0.259 e. The maximum atomic E-state index is 13.3. The molecule has 6 nitrogen and oxygen atoms in total. The maximum Gasteiger partial charge on any atom is 0.259 e. The van der Waals surface area contributed by atoms with Gasteiger partial charge in [-0.15, -0.1) is 0 Å². The van der Waals surface area contributed by atoms with E-state index in [9.17, 15) is 14.3 Å². The standard InChI is InChI=1S/C18H21FN2O4/c1-10(2)17-16(11(3)25-20-17)18(23)21-8-14(22)15(9-21)24-13-6-4-5-12(19)7-13/h4-7,10,14-15,22H,8-9H2,1-3H3/t14-,15-/m1/s1. The highest BCUT2D eigenvalue weighted by molar-refractivity contribution is 5.96. The van der Waals surface area contributed by atoms with Crippen LogP contribution in [0.15, 0.2) is 28.8 Å². The molecule has 1 aliphatic heterocycles. The topological polar surface area (TPSA) is 75.8 Å². The zero-order chi connectivity index (χ0) is 18.1. The molecule has 0 spiro atoms. The molecule has 1 fully saturated rings. The van der Waals surface area contributed by atoms with Crippen molar-refractivity contribution in [1.82, 2.24) is 10.1 Å². The lowest BCUT2D eigenvalue weighted by Gasteiger charge is -2.17. The van der Waals surface area contributed by atoms with Crippen LogP contribution in [-0.2, 0) is 0 Å². The highest BCUT2D eigenvalue weighted by atomic mass is 19.1. The van der Waals surface area contributed by atoms with Crippen molar-refractivity contribution in [2.75, 3.05) is 13.1 Å². The van der Waals surface area contributed by atoms with Gasteiger partial charge in [-0.1, -0.05) is 25.1 Å². The Bertz CT molecular complexity index is 774. The van der Waals surface area contributed by atoms with Crippen molar-refractivity contribution < 1.29 is 23.6 Å². The first-order valence-corrected chi connectivity index (χ1v) is 8.22. The zero-order valence-corrected chi connectivity index (χ0v) is 14.4. The first-order chi connectivity index (χ1) is 11.9. The van der Waals surface area contributed by atoms with E-state index in [0.717, 1.165) is 0 Å². The number of hydrogen-bond donors (Lipinski definition) is 1. The Morgan fingerprint density at radius 1 is 1.44 bits per heavy atom. The second-order valence-corrected chi connectivity index (χ2v) is 6.54. The lowest BCUT2D eigenvalue weighted by atomic mass is 10.0. The summed E-state index contributed by atoms with van der Waals surface area (Å²) < 4.78 is 24.1. The number of hydrogen-bond acceptors (Lipinski definition) is 5. The van der Waals surface area contributed by atoms with Gasteiger partial charge in [0.25, 0.3) is 5.91 Å². The molecule has 1 amide bonds. The molecule has 1 saturated heterocycles. The van der Waals surface area contributed by atoms with E-state index in [1.54, 1.807) is 13.0 Å². The fourth-order valence-corrected chi connectivity index (χ4v) is 2.96. The Balaban J connectivity index is 1.75. The molecule has 0 bridgehead atoms. The number of carbonyl (C=O) groups is 1. The number of likely N-dealkylation sites (tertiary alicyclic amines) is 1. The number of ether oxygens (including phenoxy) is 1. The molecule has 1 N–H and O–H groups in total. The molecule has 2 aromatic rings. The monoisotopic (exact) mass is 348 g/mol. The molecule has 134 valence electrons. The SMILES string of the molecule is Cc1onc(C(C)C)c1C(=O)N1C[C@@H](O)[C@H](Oc2cccc(F)c2)C1. The number of carbonyl (C=O) groups excluding carboxylic acids is 1. The second kappa shape index (κ2) is 6.84. The van der Waals surface area contributed by atoms with Crippen LogP contribution in [-0.4, -0.2) is 46.4 Å². The van der Waals surface area contributed by atoms with Gasteiger partial charge in [0.05, 0.1) is 18.8 Å². The average molecular weight is 348 g/mol. The number of β-amino-alcohol motifs (C(OH)–C–C–N with tert-alkyl or cyclic N) is 1. The van der Waals surface area contributed by atoms with Crippen molar-refractivity contribution in [3.63, 3.8) is 0 Å². The third kappa shape index (κ3) is 3.51. The van der Waals surface area contributed by atoms with Crippen LogP contribution in [0.25, 0.3) is 0 Å². The van der Waals surface area contributed by atoms with Crippen LogP contribution in [0.3, 0.4) is 0 Å². The Morgan fingerprint density at radius 3 is 2.88 bits per heavy atom. The fraction of sp³-hybridized carbons (Fsp3) is 0.444. The Labute approximate surface area is 145 Å². The Kier molecular flexibility index (Phi) is 4.76. The molecule has 2 atom stereocenters. The number of aromatic nitrogens is 1. The van der Waals surface area contributed by atoms with Crippen molar-refractivity contribution in [2.45, 2.75) is 38.9 Å². The summed E-state index contributed by atoms with van der Waals surface area (Å²) >= 11 is 0. The van der Waals surface area contributed by atoms with E-state index in [2.05, 4.69) is 5.16 Å². The average Bonchev–Trinajstić information content (AvgIpc) is 3.10. The van der Waals surface area contributed by atoms with Crippen molar-refractivity contribution >= 4 is 5.91 Å². The first kappa shape index (κ1) is 17.4. The Hall–Kier alpha value is -2.41. The third-order valence-corrected chi connectivity index (χ3v) is 4.26. The number of rotatable bonds is 4. The predicted molar refractivity (Wildman–Crippen MR) is 88.1 cm³/mol. The van der Waals surface area contributed by atoms with Gasteiger partial charge in [-0.25, -0.2) is 4.39 Å². The number of aliphatic hydroxyl groups excluding tert-OH is 1. The lowest BCUT2D eigenvalue weighted by Crippen LogP contribution is -2.32. The van der Waals surface area contributed by atoms with Crippen LogP contribution in [0, 0.1) is 12.7 Å². The summed E-state index contributed by atoms with van der Waals surface area (Å²) in [6, 6.07) is 5.71. The van der Waals surface area contributed by atoms with Gasteiger partial charge in [-0.05, 0) is 25.0 Å². The summed E-state index contributed by atoms with van der Waals surface area (Å²) in [5, 5.41) is 14.2. The van der Waals surface area contributed by atoms with Crippen molar-refractivity contribution in [2.24, 2.45) is 0 Å². The third-order valence-electron chi connectivity index (χ3n) is 4.26. The molecule has 7 heteroatoms. The van der Waals surface area contributed by atoms with Crippen LogP contribution in [0.5, 0.6) is 5.75 Å². The van der Waals surface area contributed by atoms with Crippen molar-refractivity contribution in [3.8, 4) is 5.75 Å². The largest absolute Gasteiger partial charge is 0.486 e. The summed E-state index contributed by atoms with van der Waals surface area (Å²) in [7, 11) is 0. The molecule has 0 unspecified atom stereocenters. The van der Waals surface area contributed by atoms with Crippen molar-refractivity contribution in [1.29, 1.82) is 0 Å². The number of aryl methyl sites for hydroxylation is 1. The summed E-state index contributed by atoms with van der Waals surface area (Å²) in [6.07, 6.45) is -1.47. The fourth-order valence-electron chi connectivity index (χ4n) is 2.96. The first-order valence-electron chi connectivity index (χ1n) is 8.22. The number of halogens is 1. The molecule has 0 radical (unpaired) electrons. The van der Waals surface area contributed by atoms with Crippen LogP contribution >= 0.6 is 0 Å². The number of nitrogens with zero attached hydrogens (tertiary/aromatic N) is 2. The van der Waals surface area contributed by atoms with Crippen LogP contribution in [0.1, 0.15) is 41.6 Å². The van der Waals surface area contributed by atoms with Gasteiger partial charge in [0.2, 0.25) is 0 Å². The van der Waals surface area contributed by atoms with Gasteiger partial charge in [0.1, 0.15) is 35.1 Å². The molecule has 3 rings (SSSR count). The minimum Gasteiger partial charge on any atom is -0.486 e. The highest BCUT2D eigenvalue weighted by Gasteiger charge is 2.38. The van der Waals surface area contributed by atoms with Gasteiger partial charge < -0.3 is 19.3 Å². The summed E-state index contributed by atoms with van der Waals surface area (Å²) in [6.45, 7) is 5.91. The lowest BCUT2D eigenvalue weighted by molar-refractivity contribution is 0.0727. The molecular weight excluding hydrogens is 327 g/mol. The molecule has 1 aromatic heterocycles. The number of amides is 1. The minimum absolute atomic E-state index is 0.0447. The van der Waals surface area contributed by atoms with Crippen LogP contribution < -0.4 is 4.74 Å². The molecule has 0 saturated carbocycles. The van der Waals surface area contributed by atoms with Crippen LogP contribution in [0.2, 0.25) is 0 Å². The van der Waals surface area contributed by atoms with E-state index in [4.69, 9.17) is 9.26 Å². The summed E-state index contributed by atoms with van der Waals surface area (Å²) in [4.78, 5) is 14.4. The number of aliphatic hydroxyl groups is 1. The van der Waals surface area contributed by atoms with Gasteiger partial charge >= 0.3 is 0 Å². The molecule has 1 aliphatic rings. The van der Waals surface area contributed by atoms with E-state index in [1.165, 1.54) is 23.1 Å². The molecule has 1 aromatic carbocycles. The van der Waals surface area contributed by atoms with E-state index < -0.39 is 18.0 Å². The second-order valence-electron chi connectivity index (χ2n) is 6.54. The Morgan fingerprint density at radius 2 is 2.20 bits per heavy atom. The van der Waals surface area contributed by atoms with E-state index in [1.807, 2.05) is 13.8 Å². The van der Waals surface area contributed by atoms with E-state index >= 15 is 0 Å². The van der Waals surface area contributed by atoms with E-state index in [0.29, 0.717) is 22.8 Å². The minimum atomic E-state index is -0.852. The molecule has 2 heterocycles. The molecular formula is C18H21FN2O4. The highest BCUT2D eigenvalue weighted by Crippen LogP contribution is 2.26. The van der Waals surface area contributed by atoms with Gasteiger partial charge in [-0.3, -0.25) is 4.79 Å². The summed E-state index contributed by atoms with van der Waals surface area (Å²) in [5.41, 5.74) is 1.04. The van der Waals surface area contributed by atoms with Crippen LogP contribution in [0.4, 0.5) is 4.39 Å². The van der Waals surface area contributed by atoms with E-state index in [-0.39, 0.29) is 24.9 Å². The van der Waals surface area contributed by atoms with Gasteiger partial charge in [0.15, 0.2) is 0 Å². The quantitative estimate of drug-likeness (QED) is 0.919. The van der Waals surface area contributed by atoms with Gasteiger partial charge in [-0.2, -0.15) is 0 Å². The zero-order valence-electron chi connectivity index (χ0n) is 14.4. The molecule has 25 heavy (non-hydrogen) atoms. The summed E-state index contributed by atoms with van der Waals surface area (Å²) in [5.74, 6) is 0.162.